The maximum atomic E-state index is 14.1. The third-order valence-electron chi connectivity index (χ3n) is 4.64. The zero-order valence-electron chi connectivity index (χ0n) is 15.1. The Bertz CT molecular complexity index is 723. The van der Waals surface area contributed by atoms with Crippen molar-refractivity contribution >= 4 is 12.6 Å². The van der Waals surface area contributed by atoms with E-state index in [2.05, 4.69) is 15.5 Å². The monoisotopic (exact) mass is 348 g/mol. The van der Waals surface area contributed by atoms with Gasteiger partial charge in [-0.1, -0.05) is 6.07 Å². The first-order chi connectivity index (χ1) is 11.7. The molecule has 0 unspecified atom stereocenters. The zero-order chi connectivity index (χ0) is 18.2. The van der Waals surface area contributed by atoms with E-state index in [0.29, 0.717) is 12.0 Å². The van der Waals surface area contributed by atoms with Crippen molar-refractivity contribution in [2.75, 3.05) is 0 Å². The van der Waals surface area contributed by atoms with Gasteiger partial charge in [0, 0.05) is 0 Å². The van der Waals surface area contributed by atoms with E-state index in [1.54, 1.807) is 12.1 Å². The van der Waals surface area contributed by atoms with Gasteiger partial charge in [-0.05, 0) is 62.6 Å². The Labute approximate surface area is 146 Å². The molecule has 1 fully saturated rings. The molecule has 2 heterocycles. The highest BCUT2D eigenvalue weighted by atomic mass is 19.1. The third kappa shape index (κ3) is 3.67. The van der Waals surface area contributed by atoms with Crippen LogP contribution in [0, 0.1) is 5.82 Å². The largest absolute Gasteiger partial charge is 0.494 e. The molecule has 0 spiro atoms. The Morgan fingerprint density at radius 3 is 2.52 bits per heavy atom. The number of hydrogen-bond acceptors (Lipinski definition) is 6. The van der Waals surface area contributed by atoms with Gasteiger partial charge in [-0.2, -0.15) is 0 Å². The Hall–Kier alpha value is -2.00. The Morgan fingerprint density at radius 2 is 1.92 bits per heavy atom. The summed E-state index contributed by atoms with van der Waals surface area (Å²) in [5.41, 5.74) is -0.203. The molecule has 2 aromatic rings. The van der Waals surface area contributed by atoms with Crippen LogP contribution in [0.1, 0.15) is 34.6 Å². The summed E-state index contributed by atoms with van der Waals surface area (Å²) < 4.78 is 33.4. The Kier molecular flexibility index (Phi) is 4.55. The number of halogens is 1. The van der Waals surface area contributed by atoms with E-state index in [1.807, 2.05) is 34.6 Å². The van der Waals surface area contributed by atoms with Crippen molar-refractivity contribution in [3.05, 3.63) is 30.3 Å². The van der Waals surface area contributed by atoms with Gasteiger partial charge >= 0.3 is 7.12 Å². The minimum absolute atomic E-state index is 0.146. The molecular formula is C16H22BFN4O3. The maximum Gasteiger partial charge on any atom is 0.494 e. The van der Waals surface area contributed by atoms with E-state index in [1.165, 1.54) is 17.1 Å². The second-order valence-corrected chi connectivity index (χ2v) is 7.24. The van der Waals surface area contributed by atoms with Crippen LogP contribution < -0.4 is 10.2 Å². The van der Waals surface area contributed by atoms with Gasteiger partial charge in [-0.25, -0.2) is 9.07 Å². The van der Waals surface area contributed by atoms with Gasteiger partial charge in [0.15, 0.2) is 11.6 Å². The highest BCUT2D eigenvalue weighted by molar-refractivity contribution is 6.62. The first kappa shape index (κ1) is 17.8. The highest BCUT2D eigenvalue weighted by Gasteiger charge is 2.51. The standard InChI is InChI=1S/C16H22BFN4O3/c1-11(9-22-10-19-20-21-22)23-14-8-12(6-7-13(14)18)17-24-15(2,3)16(4,5)25-17/h6-8,10-11H,9H2,1-5H3/t11-/m0/s1. The van der Waals surface area contributed by atoms with Crippen LogP contribution in [0.15, 0.2) is 24.5 Å². The molecule has 0 saturated carbocycles. The normalized spacial score (nSPS) is 19.8. The van der Waals surface area contributed by atoms with Crippen molar-refractivity contribution in [1.29, 1.82) is 0 Å². The summed E-state index contributed by atoms with van der Waals surface area (Å²) in [6.07, 6.45) is 1.17. The molecule has 1 aliphatic rings. The molecule has 0 aliphatic carbocycles. The lowest BCUT2D eigenvalue weighted by molar-refractivity contribution is 0.00578. The smallest absolute Gasteiger partial charge is 0.486 e. The molecule has 0 N–H and O–H groups in total. The average molecular weight is 348 g/mol. The van der Waals surface area contributed by atoms with Gasteiger partial charge in [0.05, 0.1) is 17.7 Å². The predicted octanol–water partition coefficient (Wildman–Crippen LogP) is 1.58. The lowest BCUT2D eigenvalue weighted by Gasteiger charge is -2.32. The van der Waals surface area contributed by atoms with Crippen LogP contribution in [0.2, 0.25) is 0 Å². The van der Waals surface area contributed by atoms with E-state index >= 15 is 0 Å². The number of nitrogens with zero attached hydrogens (tertiary/aromatic N) is 4. The van der Waals surface area contributed by atoms with Gasteiger partial charge in [0.2, 0.25) is 0 Å². The van der Waals surface area contributed by atoms with Crippen LogP contribution in [0.4, 0.5) is 4.39 Å². The fourth-order valence-corrected chi connectivity index (χ4v) is 2.52. The van der Waals surface area contributed by atoms with E-state index in [4.69, 9.17) is 14.0 Å². The maximum absolute atomic E-state index is 14.1. The summed E-state index contributed by atoms with van der Waals surface area (Å²) in [7, 11) is -0.567. The average Bonchev–Trinajstić information content (AvgIpc) is 3.07. The van der Waals surface area contributed by atoms with Gasteiger partial charge in [0.25, 0.3) is 0 Å². The SMILES string of the molecule is C[C@@H](Cn1cnnn1)Oc1cc(B2OC(C)(C)C(C)(C)O2)ccc1F. The van der Waals surface area contributed by atoms with E-state index in [9.17, 15) is 4.39 Å². The third-order valence-corrected chi connectivity index (χ3v) is 4.64. The van der Waals surface area contributed by atoms with Crippen LogP contribution in [-0.2, 0) is 15.9 Å². The van der Waals surface area contributed by atoms with Gasteiger partial charge in [0.1, 0.15) is 12.4 Å². The fraction of sp³-hybridized carbons (Fsp3) is 0.562. The van der Waals surface area contributed by atoms with Crippen molar-refractivity contribution in [3.8, 4) is 5.75 Å². The van der Waals surface area contributed by atoms with Crippen LogP contribution in [0.5, 0.6) is 5.75 Å². The molecule has 1 saturated heterocycles. The molecule has 3 rings (SSSR count). The lowest BCUT2D eigenvalue weighted by atomic mass is 9.79. The highest BCUT2D eigenvalue weighted by Crippen LogP contribution is 2.36. The molecule has 1 aliphatic heterocycles. The first-order valence-corrected chi connectivity index (χ1v) is 8.20. The molecular weight excluding hydrogens is 326 g/mol. The summed E-state index contributed by atoms with van der Waals surface area (Å²) in [5, 5.41) is 10.9. The zero-order valence-corrected chi connectivity index (χ0v) is 15.1. The summed E-state index contributed by atoms with van der Waals surface area (Å²) in [6, 6.07) is 4.63. The summed E-state index contributed by atoms with van der Waals surface area (Å²) in [4.78, 5) is 0. The van der Waals surface area contributed by atoms with E-state index in [0.717, 1.165) is 0 Å². The van der Waals surface area contributed by atoms with Crippen LogP contribution in [0.3, 0.4) is 0 Å². The number of aromatic nitrogens is 4. The Balaban J connectivity index is 1.75. The topological polar surface area (TPSA) is 71.3 Å². The van der Waals surface area contributed by atoms with E-state index in [-0.39, 0.29) is 11.9 Å². The quantitative estimate of drug-likeness (QED) is 0.764. The molecule has 0 amide bonds. The fourth-order valence-electron chi connectivity index (χ4n) is 2.52. The summed E-state index contributed by atoms with van der Waals surface area (Å²) in [6.45, 7) is 10.1. The number of rotatable bonds is 5. The Morgan fingerprint density at radius 1 is 1.24 bits per heavy atom. The number of hydrogen-bond donors (Lipinski definition) is 0. The molecule has 1 aromatic carbocycles. The van der Waals surface area contributed by atoms with Gasteiger partial charge in [-0.15, -0.1) is 5.10 Å². The summed E-state index contributed by atoms with van der Waals surface area (Å²) in [5.74, 6) is -0.295. The molecule has 25 heavy (non-hydrogen) atoms. The molecule has 0 radical (unpaired) electrons. The van der Waals surface area contributed by atoms with Gasteiger partial charge < -0.3 is 14.0 Å². The van der Waals surface area contributed by atoms with Crippen molar-refractivity contribution in [2.24, 2.45) is 0 Å². The number of tetrazole rings is 1. The molecule has 7 nitrogen and oxygen atoms in total. The molecule has 134 valence electrons. The lowest BCUT2D eigenvalue weighted by Crippen LogP contribution is -2.41. The minimum Gasteiger partial charge on any atom is -0.486 e. The van der Waals surface area contributed by atoms with Crippen LogP contribution >= 0.6 is 0 Å². The van der Waals surface area contributed by atoms with Gasteiger partial charge in [-0.3, -0.25) is 0 Å². The van der Waals surface area contributed by atoms with E-state index < -0.39 is 24.1 Å². The van der Waals surface area contributed by atoms with Crippen molar-refractivity contribution in [2.45, 2.75) is 58.5 Å². The predicted molar refractivity (Wildman–Crippen MR) is 90.0 cm³/mol. The molecule has 9 heteroatoms. The summed E-state index contributed by atoms with van der Waals surface area (Å²) >= 11 is 0. The second-order valence-electron chi connectivity index (χ2n) is 7.24. The molecule has 1 atom stereocenters. The van der Waals surface area contributed by atoms with Crippen LogP contribution in [0.25, 0.3) is 0 Å². The van der Waals surface area contributed by atoms with Crippen LogP contribution in [-0.4, -0.2) is 44.6 Å². The number of ether oxygens (including phenoxy) is 1. The molecule has 0 bridgehead atoms. The number of benzene rings is 1. The molecule has 1 aromatic heterocycles. The minimum atomic E-state index is -0.567. The van der Waals surface area contributed by atoms with Crippen molar-refractivity contribution in [1.82, 2.24) is 20.2 Å². The first-order valence-electron chi connectivity index (χ1n) is 8.20. The van der Waals surface area contributed by atoms with Crippen molar-refractivity contribution < 1.29 is 18.4 Å². The van der Waals surface area contributed by atoms with Crippen molar-refractivity contribution in [3.63, 3.8) is 0 Å². The second kappa shape index (κ2) is 6.38.